The first kappa shape index (κ1) is 26.2. The molecule has 204 valence electrons. The minimum atomic E-state index is -0.389. The van der Waals surface area contributed by atoms with E-state index in [1.54, 1.807) is 21.2 Å². The first-order chi connectivity index (χ1) is 19.8. The zero-order valence-corrected chi connectivity index (χ0v) is 23.8. The lowest BCUT2D eigenvalue weighted by molar-refractivity contribution is 0.244. The summed E-state index contributed by atoms with van der Waals surface area (Å²) in [5.74, 6) is 0.788. The van der Waals surface area contributed by atoms with Crippen molar-refractivity contribution in [3.05, 3.63) is 99.3 Å². The summed E-state index contributed by atoms with van der Waals surface area (Å²) in [6.07, 6.45) is 1.34. The highest BCUT2D eigenvalue weighted by Gasteiger charge is 2.26. The number of nitrogens with two attached hydrogens (primary N) is 1. The van der Waals surface area contributed by atoms with Crippen molar-refractivity contribution < 1.29 is 4.74 Å². The zero-order valence-electron chi connectivity index (χ0n) is 23.0. The number of fused-ring (bicyclic) bond motifs is 2. The third kappa shape index (κ3) is 4.40. The Morgan fingerprint density at radius 3 is 2.56 bits per heavy atom. The van der Waals surface area contributed by atoms with Crippen molar-refractivity contribution >= 4 is 38.7 Å². The molecule has 10 heteroatoms. The van der Waals surface area contributed by atoms with Gasteiger partial charge in [-0.25, -0.2) is 19.5 Å². The van der Waals surface area contributed by atoms with Crippen LogP contribution in [0.3, 0.4) is 0 Å². The van der Waals surface area contributed by atoms with E-state index in [1.165, 1.54) is 17.7 Å². The third-order valence-electron chi connectivity index (χ3n) is 7.02. The van der Waals surface area contributed by atoms with E-state index in [1.807, 2.05) is 69.5 Å². The predicted molar refractivity (Wildman–Crippen MR) is 163 cm³/mol. The molecule has 2 aromatic carbocycles. The van der Waals surface area contributed by atoms with Gasteiger partial charge >= 0.3 is 0 Å². The van der Waals surface area contributed by atoms with Crippen LogP contribution in [0.5, 0.6) is 5.75 Å². The number of rotatable bonds is 6. The predicted octanol–water partition coefficient (Wildman–Crippen LogP) is 6.67. The highest BCUT2D eigenvalue weighted by atomic mass is 32.1. The molecule has 41 heavy (non-hydrogen) atoms. The number of hydrogen-bond donors (Lipinski definition) is 1. The van der Waals surface area contributed by atoms with Gasteiger partial charge in [-0.3, -0.25) is 9.20 Å². The molecule has 4 aromatic heterocycles. The monoisotopic (exact) mass is 561 g/mol. The second kappa shape index (κ2) is 10.2. The van der Waals surface area contributed by atoms with E-state index in [4.69, 9.17) is 22.1 Å². The SMILES string of the molecule is [C-]#[N+]c1cc(-c2nn([C@@H](C)c3cc4scc(C)n4c(=O)c3-c3ccccc3)c3ncnc(N)c23)ccc1OC(C)C. The molecule has 4 heterocycles. The number of ether oxygens (including phenoxy) is 1. The molecule has 0 unspecified atom stereocenters. The summed E-state index contributed by atoms with van der Waals surface area (Å²) in [6, 6.07) is 16.7. The molecular formula is C31H27N7O2S. The molecule has 0 aliphatic heterocycles. The van der Waals surface area contributed by atoms with Crippen LogP contribution in [0, 0.1) is 13.5 Å². The average molecular weight is 562 g/mol. The number of nitrogens with zero attached hydrogens (tertiary/aromatic N) is 6. The molecule has 0 aliphatic carbocycles. The number of anilines is 1. The quantitative estimate of drug-likeness (QED) is 0.228. The standard InChI is InChI=1S/C31H27N7O2S/c1-17(2)40-24-12-11-21(13-23(24)33-5)28-27-29(32)34-16-35-30(27)38(36-28)19(4)22-14-25-37(18(3)15-41-25)31(39)26(22)20-9-7-6-8-10-20/h6-17,19H,1-4H3,(H2,32,34,35)/t19-/m0/s1. The summed E-state index contributed by atoms with van der Waals surface area (Å²) in [4.78, 5) is 27.3. The van der Waals surface area contributed by atoms with Crippen LogP contribution in [0.2, 0.25) is 0 Å². The molecule has 0 fully saturated rings. The summed E-state index contributed by atoms with van der Waals surface area (Å²) in [6.45, 7) is 15.5. The number of nitrogen functional groups attached to an aromatic ring is 1. The van der Waals surface area contributed by atoms with Gasteiger partial charge in [0.05, 0.1) is 29.7 Å². The Hall–Kier alpha value is -5.01. The van der Waals surface area contributed by atoms with E-state index in [9.17, 15) is 4.79 Å². The van der Waals surface area contributed by atoms with Crippen molar-refractivity contribution in [2.75, 3.05) is 5.73 Å². The number of aryl methyl sites for hydroxylation is 1. The van der Waals surface area contributed by atoms with Gasteiger partial charge < -0.3 is 10.5 Å². The second-order valence-electron chi connectivity index (χ2n) is 10.1. The summed E-state index contributed by atoms with van der Waals surface area (Å²) in [7, 11) is 0. The molecule has 0 bridgehead atoms. The summed E-state index contributed by atoms with van der Waals surface area (Å²) >= 11 is 1.52. The van der Waals surface area contributed by atoms with E-state index >= 15 is 0 Å². The molecule has 0 spiro atoms. The molecule has 0 radical (unpaired) electrons. The van der Waals surface area contributed by atoms with Crippen molar-refractivity contribution in [2.24, 2.45) is 0 Å². The van der Waals surface area contributed by atoms with Gasteiger partial charge in [-0.1, -0.05) is 36.4 Å². The lowest BCUT2D eigenvalue weighted by atomic mass is 9.97. The minimum absolute atomic E-state index is 0.0707. The molecule has 6 rings (SSSR count). The number of thiazole rings is 1. The first-order valence-electron chi connectivity index (χ1n) is 13.1. The number of aromatic nitrogens is 5. The Morgan fingerprint density at radius 2 is 1.83 bits per heavy atom. The van der Waals surface area contributed by atoms with Crippen LogP contribution < -0.4 is 16.0 Å². The molecule has 1 atom stereocenters. The van der Waals surface area contributed by atoms with Gasteiger partial charge in [0.15, 0.2) is 5.65 Å². The zero-order chi connectivity index (χ0) is 28.8. The van der Waals surface area contributed by atoms with E-state index in [0.29, 0.717) is 39.3 Å². The lowest BCUT2D eigenvalue weighted by Crippen LogP contribution is -2.21. The van der Waals surface area contributed by atoms with Gasteiger partial charge in [-0.2, -0.15) is 5.10 Å². The first-order valence-corrected chi connectivity index (χ1v) is 14.0. The third-order valence-corrected chi connectivity index (χ3v) is 8.02. The fourth-order valence-electron chi connectivity index (χ4n) is 5.15. The van der Waals surface area contributed by atoms with Gasteiger partial charge in [0.2, 0.25) is 5.69 Å². The molecular weight excluding hydrogens is 534 g/mol. The number of pyridine rings is 1. The van der Waals surface area contributed by atoms with Crippen LogP contribution in [-0.4, -0.2) is 30.3 Å². The van der Waals surface area contributed by atoms with E-state index < -0.39 is 0 Å². The van der Waals surface area contributed by atoms with Gasteiger partial charge in [0.25, 0.3) is 5.56 Å². The van der Waals surface area contributed by atoms with Crippen LogP contribution in [0.15, 0.2) is 71.1 Å². The highest BCUT2D eigenvalue weighted by Crippen LogP contribution is 2.39. The normalized spacial score (nSPS) is 12.2. The fourth-order valence-corrected chi connectivity index (χ4v) is 6.08. The van der Waals surface area contributed by atoms with E-state index in [2.05, 4.69) is 20.9 Å². The van der Waals surface area contributed by atoms with Crippen LogP contribution in [0.4, 0.5) is 11.5 Å². The Kier molecular flexibility index (Phi) is 6.52. The molecule has 0 saturated carbocycles. The minimum Gasteiger partial charge on any atom is -0.502 e. The number of hydrogen-bond acceptors (Lipinski definition) is 7. The van der Waals surface area contributed by atoms with Gasteiger partial charge in [-0.15, -0.1) is 11.3 Å². The van der Waals surface area contributed by atoms with Crippen LogP contribution >= 0.6 is 11.3 Å². The molecule has 0 amide bonds. The number of benzene rings is 2. The Labute approximate surface area is 240 Å². The van der Waals surface area contributed by atoms with Gasteiger partial charge in [-0.05, 0) is 62.6 Å². The molecule has 6 aromatic rings. The maximum atomic E-state index is 13.9. The lowest BCUT2D eigenvalue weighted by Gasteiger charge is -2.18. The van der Waals surface area contributed by atoms with Gasteiger partial charge in [0.1, 0.15) is 28.4 Å². The Bertz CT molecular complexity index is 2030. The van der Waals surface area contributed by atoms with Crippen molar-refractivity contribution in [1.82, 2.24) is 24.1 Å². The maximum Gasteiger partial charge on any atom is 0.264 e. The van der Waals surface area contributed by atoms with Gasteiger partial charge in [0, 0.05) is 11.1 Å². The Morgan fingerprint density at radius 1 is 1.05 bits per heavy atom. The summed E-state index contributed by atoms with van der Waals surface area (Å²) in [5, 5.41) is 7.56. The average Bonchev–Trinajstić information content (AvgIpc) is 3.54. The maximum absolute atomic E-state index is 13.9. The fraction of sp³-hybridized carbons (Fsp3) is 0.194. The molecule has 9 nitrogen and oxygen atoms in total. The summed E-state index contributed by atoms with van der Waals surface area (Å²) in [5.41, 5.74) is 11.6. The summed E-state index contributed by atoms with van der Waals surface area (Å²) < 4.78 is 9.36. The van der Waals surface area contributed by atoms with Crippen molar-refractivity contribution in [3.63, 3.8) is 0 Å². The molecule has 0 saturated heterocycles. The molecule has 0 aliphatic rings. The van der Waals surface area contributed by atoms with Crippen molar-refractivity contribution in [2.45, 2.75) is 39.8 Å². The van der Waals surface area contributed by atoms with E-state index in [-0.39, 0.29) is 23.5 Å². The van der Waals surface area contributed by atoms with Crippen LogP contribution in [-0.2, 0) is 0 Å². The van der Waals surface area contributed by atoms with Crippen LogP contribution in [0.25, 0.3) is 43.1 Å². The van der Waals surface area contributed by atoms with E-state index in [0.717, 1.165) is 21.7 Å². The second-order valence-corrected chi connectivity index (χ2v) is 11.0. The smallest absolute Gasteiger partial charge is 0.264 e. The van der Waals surface area contributed by atoms with Crippen molar-refractivity contribution in [3.8, 4) is 28.1 Å². The largest absolute Gasteiger partial charge is 0.502 e. The topological polar surface area (TPSA) is 105 Å². The van der Waals surface area contributed by atoms with Crippen molar-refractivity contribution in [1.29, 1.82) is 0 Å². The Balaban J connectivity index is 1.59. The highest BCUT2D eigenvalue weighted by molar-refractivity contribution is 7.15. The van der Waals surface area contributed by atoms with Crippen LogP contribution in [0.1, 0.15) is 38.1 Å². The molecule has 2 N–H and O–H groups in total.